The number of anilines is 1. The summed E-state index contributed by atoms with van der Waals surface area (Å²) < 4.78 is 7.13. The topological polar surface area (TPSA) is 64.4 Å². The zero-order valence-electron chi connectivity index (χ0n) is 14.8. The van der Waals surface area contributed by atoms with Gasteiger partial charge in [0.2, 0.25) is 0 Å². The fraction of sp³-hybridized carbons (Fsp3) is 0.278. The number of carbonyl (C=O) groups is 1. The fourth-order valence-corrected chi connectivity index (χ4v) is 3.76. The number of aromatic nitrogens is 2. The fourth-order valence-electron chi connectivity index (χ4n) is 3.01. The number of hydrogen-bond donors (Lipinski definition) is 0. The normalized spacial score (nSPS) is 11.2. The Morgan fingerprint density at radius 3 is 2.59 bits per heavy atom. The Bertz CT molecular complexity index is 1130. The highest BCUT2D eigenvalue weighted by molar-refractivity contribution is 9.10. The first-order chi connectivity index (χ1) is 12.8. The van der Waals surface area contributed by atoms with Crippen LogP contribution >= 0.6 is 39.1 Å². The van der Waals surface area contributed by atoms with Crippen molar-refractivity contribution >= 4 is 72.7 Å². The zero-order valence-corrected chi connectivity index (χ0v) is 17.9. The lowest BCUT2D eigenvalue weighted by molar-refractivity contribution is -0.143. The smallest absolute Gasteiger partial charge is 0.326 e. The van der Waals surface area contributed by atoms with E-state index < -0.39 is 5.97 Å². The minimum absolute atomic E-state index is 0.122. The van der Waals surface area contributed by atoms with E-state index in [0.29, 0.717) is 42.3 Å². The number of fused-ring (bicyclic) bond motifs is 2. The second-order valence-corrected chi connectivity index (χ2v) is 7.60. The van der Waals surface area contributed by atoms with Crippen LogP contribution in [0.2, 0.25) is 10.0 Å². The number of hydrogen-bond acceptors (Lipinski definition) is 5. The third-order valence-corrected chi connectivity index (χ3v) is 5.50. The van der Waals surface area contributed by atoms with Gasteiger partial charge in [0.05, 0.1) is 33.2 Å². The second kappa shape index (κ2) is 7.66. The predicted octanol–water partition coefficient (Wildman–Crippen LogP) is 4.25. The van der Waals surface area contributed by atoms with Crippen LogP contribution in [0, 0.1) is 0 Å². The van der Waals surface area contributed by atoms with Gasteiger partial charge < -0.3 is 14.2 Å². The predicted molar refractivity (Wildman–Crippen MR) is 112 cm³/mol. The molecule has 142 valence electrons. The minimum atomic E-state index is -0.443. The van der Waals surface area contributed by atoms with E-state index in [4.69, 9.17) is 27.9 Å². The number of rotatable bonds is 4. The van der Waals surface area contributed by atoms with Gasteiger partial charge >= 0.3 is 5.97 Å². The van der Waals surface area contributed by atoms with Gasteiger partial charge in [0.1, 0.15) is 16.8 Å². The van der Waals surface area contributed by atoms with Crippen molar-refractivity contribution in [1.29, 1.82) is 0 Å². The highest BCUT2D eigenvalue weighted by Crippen LogP contribution is 2.34. The monoisotopic (exact) mass is 471 g/mol. The van der Waals surface area contributed by atoms with Gasteiger partial charge in [0, 0.05) is 19.5 Å². The van der Waals surface area contributed by atoms with Gasteiger partial charge in [-0.2, -0.15) is 0 Å². The number of ether oxygens (including phenoxy) is 1. The van der Waals surface area contributed by atoms with E-state index in [1.807, 2.05) is 14.1 Å². The molecule has 0 unspecified atom stereocenters. The summed E-state index contributed by atoms with van der Waals surface area (Å²) in [4.78, 5) is 31.6. The SMILES string of the molecule is CCOC(=O)Cn1c2nc(Br)c(Cl)cc2c(=O)c2ccc(Cl)c(N(C)C)c21. The van der Waals surface area contributed by atoms with Crippen LogP contribution in [0.5, 0.6) is 0 Å². The highest BCUT2D eigenvalue weighted by atomic mass is 79.9. The number of nitrogens with zero attached hydrogens (tertiary/aromatic N) is 3. The molecule has 3 aromatic rings. The van der Waals surface area contributed by atoms with E-state index in [-0.39, 0.29) is 18.6 Å². The van der Waals surface area contributed by atoms with Crippen molar-refractivity contribution in [1.82, 2.24) is 9.55 Å². The molecule has 0 atom stereocenters. The molecule has 1 aromatic carbocycles. The maximum Gasteiger partial charge on any atom is 0.326 e. The number of halogens is 3. The lowest BCUT2D eigenvalue weighted by Crippen LogP contribution is -2.21. The molecule has 2 aromatic heterocycles. The lowest BCUT2D eigenvalue weighted by atomic mass is 10.1. The average Bonchev–Trinajstić information content (AvgIpc) is 2.60. The van der Waals surface area contributed by atoms with Gasteiger partial charge in [0.15, 0.2) is 5.43 Å². The molecule has 9 heteroatoms. The van der Waals surface area contributed by atoms with Crippen LogP contribution in [0.3, 0.4) is 0 Å². The first-order valence-electron chi connectivity index (χ1n) is 8.10. The minimum Gasteiger partial charge on any atom is -0.465 e. The summed E-state index contributed by atoms with van der Waals surface area (Å²) in [6.07, 6.45) is 0. The van der Waals surface area contributed by atoms with Crippen LogP contribution in [0.25, 0.3) is 21.9 Å². The molecule has 0 fully saturated rings. The van der Waals surface area contributed by atoms with Crippen molar-refractivity contribution in [2.45, 2.75) is 13.5 Å². The molecular formula is C18H16BrCl2N3O3. The molecule has 0 aliphatic rings. The van der Waals surface area contributed by atoms with Crippen LogP contribution in [-0.4, -0.2) is 36.2 Å². The second-order valence-electron chi connectivity index (χ2n) is 6.04. The van der Waals surface area contributed by atoms with Crippen molar-refractivity contribution in [3.8, 4) is 0 Å². The van der Waals surface area contributed by atoms with Crippen LogP contribution in [0.4, 0.5) is 5.69 Å². The molecule has 2 heterocycles. The quantitative estimate of drug-likeness (QED) is 0.322. The Balaban J connectivity index is 2.55. The molecule has 27 heavy (non-hydrogen) atoms. The molecule has 0 saturated carbocycles. The molecule has 0 radical (unpaired) electrons. The number of esters is 1. The summed E-state index contributed by atoms with van der Waals surface area (Å²) in [5.41, 5.74) is 1.22. The van der Waals surface area contributed by atoms with Gasteiger partial charge in [-0.15, -0.1) is 0 Å². The van der Waals surface area contributed by atoms with Crippen molar-refractivity contribution in [2.75, 3.05) is 25.6 Å². The van der Waals surface area contributed by atoms with E-state index in [9.17, 15) is 9.59 Å². The summed E-state index contributed by atoms with van der Waals surface area (Å²) >= 11 is 15.8. The number of benzene rings is 1. The Labute approximate surface area is 173 Å². The summed E-state index contributed by atoms with van der Waals surface area (Å²) in [6, 6.07) is 4.85. The van der Waals surface area contributed by atoms with E-state index in [1.54, 1.807) is 34.6 Å². The Hall–Kier alpha value is -1.83. The van der Waals surface area contributed by atoms with E-state index in [2.05, 4.69) is 20.9 Å². The Morgan fingerprint density at radius 2 is 1.96 bits per heavy atom. The third-order valence-electron chi connectivity index (χ3n) is 4.07. The van der Waals surface area contributed by atoms with Gasteiger partial charge in [-0.25, -0.2) is 4.98 Å². The van der Waals surface area contributed by atoms with Gasteiger partial charge in [0.25, 0.3) is 0 Å². The molecule has 0 amide bonds. The van der Waals surface area contributed by atoms with E-state index >= 15 is 0 Å². The molecule has 0 N–H and O–H groups in total. The molecule has 6 nitrogen and oxygen atoms in total. The average molecular weight is 473 g/mol. The summed E-state index contributed by atoms with van der Waals surface area (Å²) in [5.74, 6) is -0.443. The van der Waals surface area contributed by atoms with E-state index in [0.717, 1.165) is 0 Å². The maximum atomic E-state index is 13.1. The Morgan fingerprint density at radius 1 is 1.26 bits per heavy atom. The van der Waals surface area contributed by atoms with Gasteiger partial charge in [-0.3, -0.25) is 9.59 Å². The van der Waals surface area contributed by atoms with Crippen LogP contribution in [0.15, 0.2) is 27.6 Å². The van der Waals surface area contributed by atoms with Crippen molar-refractivity contribution < 1.29 is 9.53 Å². The third kappa shape index (κ3) is 3.51. The Kier molecular flexibility index (Phi) is 5.65. The maximum absolute atomic E-state index is 13.1. The van der Waals surface area contributed by atoms with Crippen molar-refractivity contribution in [3.05, 3.63) is 43.1 Å². The molecule has 0 aliphatic heterocycles. The summed E-state index contributed by atoms with van der Waals surface area (Å²) in [7, 11) is 3.63. The molecule has 3 rings (SSSR count). The highest BCUT2D eigenvalue weighted by Gasteiger charge is 2.21. The largest absolute Gasteiger partial charge is 0.465 e. The zero-order chi connectivity index (χ0) is 19.9. The van der Waals surface area contributed by atoms with Crippen molar-refractivity contribution in [3.63, 3.8) is 0 Å². The molecule has 0 bridgehead atoms. The first kappa shape index (κ1) is 19.9. The lowest BCUT2D eigenvalue weighted by Gasteiger charge is -2.22. The van der Waals surface area contributed by atoms with E-state index in [1.165, 1.54) is 0 Å². The van der Waals surface area contributed by atoms with Crippen LogP contribution in [0.1, 0.15) is 6.92 Å². The number of carbonyl (C=O) groups excluding carboxylic acids is 1. The molecule has 0 aliphatic carbocycles. The standard InChI is InChI=1S/C18H16BrCl2N3O3/c1-4-27-13(25)8-24-14-9(5-6-11(20)15(14)23(2)3)16(26)10-7-12(21)17(19)22-18(10)24/h5-7H,4,8H2,1-3H3. The van der Waals surface area contributed by atoms with Crippen LogP contribution in [-0.2, 0) is 16.1 Å². The molecule has 0 spiro atoms. The molecular weight excluding hydrogens is 457 g/mol. The number of pyridine rings is 2. The van der Waals surface area contributed by atoms with Gasteiger partial charge in [-0.05, 0) is 41.1 Å². The van der Waals surface area contributed by atoms with Gasteiger partial charge in [-0.1, -0.05) is 23.2 Å². The molecule has 0 saturated heterocycles. The first-order valence-corrected chi connectivity index (χ1v) is 9.64. The summed E-state index contributed by atoms with van der Waals surface area (Å²) in [5, 5.41) is 1.49. The summed E-state index contributed by atoms with van der Waals surface area (Å²) in [6.45, 7) is 1.86. The van der Waals surface area contributed by atoms with Crippen molar-refractivity contribution in [2.24, 2.45) is 0 Å². The van der Waals surface area contributed by atoms with Crippen LogP contribution < -0.4 is 10.3 Å².